The van der Waals surface area contributed by atoms with E-state index in [9.17, 15) is 0 Å². The maximum Gasteiger partial charge on any atom is 0.0947 e. The second-order valence-electron chi connectivity index (χ2n) is 3.99. The van der Waals surface area contributed by atoms with Gasteiger partial charge in [0.25, 0.3) is 0 Å². The predicted octanol–water partition coefficient (Wildman–Crippen LogP) is 2.40. The van der Waals surface area contributed by atoms with Crippen LogP contribution in [0.3, 0.4) is 0 Å². The van der Waals surface area contributed by atoms with E-state index in [1.54, 1.807) is 11.3 Å². The highest BCUT2D eigenvalue weighted by Gasteiger charge is 2.09. The summed E-state index contributed by atoms with van der Waals surface area (Å²) in [4.78, 5) is 8.57. The lowest BCUT2D eigenvalue weighted by Gasteiger charge is -2.10. The topological polar surface area (TPSA) is 51.8 Å². The van der Waals surface area contributed by atoms with Crippen molar-refractivity contribution in [2.45, 2.75) is 26.3 Å². The number of pyridine rings is 1. The Kier molecular flexibility index (Phi) is 3.31. The van der Waals surface area contributed by atoms with Gasteiger partial charge in [0, 0.05) is 35.9 Å². The lowest BCUT2D eigenvalue weighted by atomic mass is 10.1. The van der Waals surface area contributed by atoms with Gasteiger partial charge in [-0.2, -0.15) is 0 Å². The molecule has 84 valence electrons. The summed E-state index contributed by atoms with van der Waals surface area (Å²) in [6, 6.07) is 2.07. The fourth-order valence-electron chi connectivity index (χ4n) is 1.58. The lowest BCUT2D eigenvalue weighted by molar-refractivity contribution is 0.712. The van der Waals surface area contributed by atoms with Gasteiger partial charge in [-0.25, -0.2) is 4.98 Å². The molecule has 0 fully saturated rings. The van der Waals surface area contributed by atoms with Crippen LogP contribution in [-0.4, -0.2) is 9.97 Å². The van der Waals surface area contributed by atoms with Gasteiger partial charge in [-0.1, -0.05) is 6.07 Å². The smallest absolute Gasteiger partial charge is 0.0947 e. The molecule has 16 heavy (non-hydrogen) atoms. The van der Waals surface area contributed by atoms with Gasteiger partial charge < -0.3 is 5.73 Å². The van der Waals surface area contributed by atoms with Crippen molar-refractivity contribution in [2.24, 2.45) is 5.73 Å². The zero-order chi connectivity index (χ0) is 11.5. The first kappa shape index (κ1) is 11.2. The van der Waals surface area contributed by atoms with E-state index in [0.29, 0.717) is 0 Å². The van der Waals surface area contributed by atoms with Crippen LogP contribution in [0.4, 0.5) is 0 Å². The normalized spacial score (nSPS) is 12.7. The molecular formula is C12H15N3S. The van der Waals surface area contributed by atoms with Crippen molar-refractivity contribution in [3.63, 3.8) is 0 Å². The van der Waals surface area contributed by atoms with Gasteiger partial charge >= 0.3 is 0 Å². The number of rotatable bonds is 3. The highest BCUT2D eigenvalue weighted by Crippen LogP contribution is 2.18. The number of aromatic nitrogens is 2. The Morgan fingerprint density at radius 3 is 2.81 bits per heavy atom. The fourth-order valence-corrected chi connectivity index (χ4v) is 2.42. The van der Waals surface area contributed by atoms with Gasteiger partial charge in [-0.05, 0) is 25.0 Å². The molecule has 2 rings (SSSR count). The standard InChI is InChI=1S/C12H15N3S/c1-8-3-10(6-14-5-8)11(13)4-12-15-9(2)7-16-12/h3,5-7,11H,4,13H2,1-2H3. The monoisotopic (exact) mass is 233 g/mol. The van der Waals surface area contributed by atoms with Gasteiger partial charge in [0.2, 0.25) is 0 Å². The second-order valence-corrected chi connectivity index (χ2v) is 4.93. The Hall–Kier alpha value is -1.26. The number of aryl methyl sites for hydroxylation is 2. The molecule has 0 saturated heterocycles. The third-order valence-corrected chi connectivity index (χ3v) is 3.37. The molecule has 0 radical (unpaired) electrons. The molecule has 0 aromatic carbocycles. The molecule has 0 aliphatic heterocycles. The third-order valence-electron chi connectivity index (χ3n) is 2.39. The van der Waals surface area contributed by atoms with Crippen LogP contribution in [0.5, 0.6) is 0 Å². The molecule has 0 saturated carbocycles. The number of hydrogen-bond acceptors (Lipinski definition) is 4. The number of hydrogen-bond donors (Lipinski definition) is 1. The summed E-state index contributed by atoms with van der Waals surface area (Å²) in [5.74, 6) is 0. The molecular weight excluding hydrogens is 218 g/mol. The lowest BCUT2D eigenvalue weighted by Crippen LogP contribution is -2.13. The summed E-state index contributed by atoms with van der Waals surface area (Å²) in [7, 11) is 0. The van der Waals surface area contributed by atoms with Crippen molar-refractivity contribution in [2.75, 3.05) is 0 Å². The Labute approximate surface area is 99.4 Å². The molecule has 2 aromatic rings. The van der Waals surface area contributed by atoms with E-state index in [1.165, 1.54) is 0 Å². The van der Waals surface area contributed by atoms with Gasteiger partial charge in [0.15, 0.2) is 0 Å². The summed E-state index contributed by atoms with van der Waals surface area (Å²) < 4.78 is 0. The molecule has 2 N–H and O–H groups in total. The van der Waals surface area contributed by atoms with Crippen LogP contribution in [0, 0.1) is 13.8 Å². The van der Waals surface area contributed by atoms with Crippen LogP contribution in [0.1, 0.15) is 27.9 Å². The predicted molar refractivity (Wildman–Crippen MR) is 66.5 cm³/mol. The molecule has 4 heteroatoms. The van der Waals surface area contributed by atoms with Crippen LogP contribution in [-0.2, 0) is 6.42 Å². The minimum atomic E-state index is -0.0158. The minimum absolute atomic E-state index is 0.0158. The van der Waals surface area contributed by atoms with E-state index in [-0.39, 0.29) is 6.04 Å². The summed E-state index contributed by atoms with van der Waals surface area (Å²) in [5.41, 5.74) is 9.41. The first-order chi connectivity index (χ1) is 7.65. The van der Waals surface area contributed by atoms with Gasteiger partial charge in [-0.15, -0.1) is 11.3 Å². The number of thiazole rings is 1. The Balaban J connectivity index is 2.11. The molecule has 1 unspecified atom stereocenters. The van der Waals surface area contributed by atoms with Crippen molar-refractivity contribution in [3.05, 3.63) is 45.7 Å². The molecule has 0 aliphatic rings. The first-order valence-corrected chi connectivity index (χ1v) is 6.11. The number of nitrogens with two attached hydrogens (primary N) is 1. The van der Waals surface area contributed by atoms with Crippen molar-refractivity contribution < 1.29 is 0 Å². The molecule has 0 aliphatic carbocycles. The zero-order valence-electron chi connectivity index (χ0n) is 9.47. The first-order valence-electron chi connectivity index (χ1n) is 5.23. The van der Waals surface area contributed by atoms with Gasteiger partial charge in [0.1, 0.15) is 0 Å². The summed E-state index contributed by atoms with van der Waals surface area (Å²) in [6.07, 6.45) is 4.45. The quantitative estimate of drug-likeness (QED) is 0.885. The highest BCUT2D eigenvalue weighted by molar-refractivity contribution is 7.09. The van der Waals surface area contributed by atoms with Crippen LogP contribution in [0.2, 0.25) is 0 Å². The van der Waals surface area contributed by atoms with Crippen molar-refractivity contribution in [3.8, 4) is 0 Å². The molecule has 2 aromatic heterocycles. The Bertz CT molecular complexity index is 479. The summed E-state index contributed by atoms with van der Waals surface area (Å²) >= 11 is 1.67. The zero-order valence-corrected chi connectivity index (χ0v) is 10.3. The Morgan fingerprint density at radius 1 is 1.38 bits per heavy atom. The second kappa shape index (κ2) is 4.72. The van der Waals surface area contributed by atoms with Crippen molar-refractivity contribution >= 4 is 11.3 Å². The average molecular weight is 233 g/mol. The van der Waals surface area contributed by atoms with E-state index in [2.05, 4.69) is 21.4 Å². The largest absolute Gasteiger partial charge is 0.324 e. The number of nitrogens with zero attached hydrogens (tertiary/aromatic N) is 2. The van der Waals surface area contributed by atoms with Gasteiger partial charge in [-0.3, -0.25) is 4.98 Å². The molecule has 3 nitrogen and oxygen atoms in total. The van der Waals surface area contributed by atoms with E-state index >= 15 is 0 Å². The molecule has 2 heterocycles. The van der Waals surface area contributed by atoms with Crippen molar-refractivity contribution in [1.29, 1.82) is 0 Å². The maximum atomic E-state index is 6.13. The van der Waals surface area contributed by atoms with E-state index in [0.717, 1.165) is 28.2 Å². The van der Waals surface area contributed by atoms with E-state index in [4.69, 9.17) is 5.73 Å². The SMILES string of the molecule is Cc1cncc(C(N)Cc2nc(C)cs2)c1. The Morgan fingerprint density at radius 2 is 2.19 bits per heavy atom. The maximum absolute atomic E-state index is 6.13. The summed E-state index contributed by atoms with van der Waals surface area (Å²) in [6.45, 7) is 4.02. The van der Waals surface area contributed by atoms with Crippen molar-refractivity contribution in [1.82, 2.24) is 9.97 Å². The molecule has 0 amide bonds. The fraction of sp³-hybridized carbons (Fsp3) is 0.333. The van der Waals surface area contributed by atoms with E-state index in [1.807, 2.05) is 26.2 Å². The molecule has 1 atom stereocenters. The van der Waals surface area contributed by atoms with E-state index < -0.39 is 0 Å². The molecule has 0 spiro atoms. The minimum Gasteiger partial charge on any atom is -0.324 e. The highest BCUT2D eigenvalue weighted by atomic mass is 32.1. The van der Waals surface area contributed by atoms with Crippen LogP contribution in [0.15, 0.2) is 23.8 Å². The summed E-state index contributed by atoms with van der Waals surface area (Å²) in [5, 5.41) is 3.14. The van der Waals surface area contributed by atoms with Crippen LogP contribution >= 0.6 is 11.3 Å². The third kappa shape index (κ3) is 2.65. The van der Waals surface area contributed by atoms with Gasteiger partial charge in [0.05, 0.1) is 5.01 Å². The molecule has 0 bridgehead atoms. The van der Waals surface area contributed by atoms with Crippen LogP contribution < -0.4 is 5.73 Å². The van der Waals surface area contributed by atoms with Crippen LogP contribution in [0.25, 0.3) is 0 Å². The average Bonchev–Trinajstić information content (AvgIpc) is 2.64.